The van der Waals surface area contributed by atoms with Crippen molar-refractivity contribution in [3.05, 3.63) is 29.0 Å². The third kappa shape index (κ3) is 2.96. The molecule has 1 saturated heterocycles. The van der Waals surface area contributed by atoms with Gasteiger partial charge in [0.1, 0.15) is 5.15 Å². The van der Waals surface area contributed by atoms with E-state index in [1.165, 1.54) is 6.20 Å². The molecular formula is C12H15ClN2O2. The van der Waals surface area contributed by atoms with Crippen LogP contribution in [0.25, 0.3) is 0 Å². The quantitative estimate of drug-likeness (QED) is 0.816. The minimum Gasteiger partial charge on any atom is -0.396 e. The van der Waals surface area contributed by atoms with E-state index in [9.17, 15) is 4.79 Å². The highest BCUT2D eigenvalue weighted by Crippen LogP contribution is 2.18. The highest BCUT2D eigenvalue weighted by atomic mass is 35.5. The first kappa shape index (κ1) is 12.3. The van der Waals surface area contributed by atoms with Gasteiger partial charge >= 0.3 is 0 Å². The number of carbonyl (C=O) groups is 1. The maximum Gasteiger partial charge on any atom is 0.254 e. The molecule has 0 aromatic carbocycles. The average molecular weight is 255 g/mol. The van der Waals surface area contributed by atoms with Crippen molar-refractivity contribution in [2.75, 3.05) is 19.7 Å². The summed E-state index contributed by atoms with van der Waals surface area (Å²) in [5.74, 6) is 0.164. The van der Waals surface area contributed by atoms with Crippen molar-refractivity contribution in [1.82, 2.24) is 9.88 Å². The van der Waals surface area contributed by atoms with Crippen molar-refractivity contribution in [3.63, 3.8) is 0 Å². The molecule has 0 aliphatic carbocycles. The van der Waals surface area contributed by atoms with E-state index in [1.54, 1.807) is 17.0 Å². The van der Waals surface area contributed by atoms with E-state index in [0.29, 0.717) is 17.3 Å². The second-order valence-electron chi connectivity index (χ2n) is 4.31. The van der Waals surface area contributed by atoms with Crippen LogP contribution in [0.3, 0.4) is 0 Å². The van der Waals surface area contributed by atoms with Crippen LogP contribution < -0.4 is 0 Å². The molecule has 1 amide bonds. The monoisotopic (exact) mass is 254 g/mol. The summed E-state index contributed by atoms with van der Waals surface area (Å²) < 4.78 is 0. The van der Waals surface area contributed by atoms with Gasteiger partial charge in [-0.15, -0.1) is 0 Å². The summed E-state index contributed by atoms with van der Waals surface area (Å²) in [7, 11) is 0. The van der Waals surface area contributed by atoms with Crippen molar-refractivity contribution >= 4 is 17.5 Å². The van der Waals surface area contributed by atoms with Crippen LogP contribution in [-0.4, -0.2) is 40.6 Å². The van der Waals surface area contributed by atoms with E-state index in [0.717, 1.165) is 19.4 Å². The molecule has 0 bridgehead atoms. The number of piperidine rings is 1. The van der Waals surface area contributed by atoms with Gasteiger partial charge in [0.2, 0.25) is 0 Å². The SMILES string of the molecule is O=C(c1ccnc(Cl)c1)N1CCCC(CO)C1. The zero-order chi connectivity index (χ0) is 12.3. The molecule has 0 saturated carbocycles. The van der Waals surface area contributed by atoms with Crippen LogP contribution in [0.4, 0.5) is 0 Å². The first-order valence-corrected chi connectivity index (χ1v) is 6.10. The molecule has 1 unspecified atom stereocenters. The summed E-state index contributed by atoms with van der Waals surface area (Å²) >= 11 is 5.76. The maximum absolute atomic E-state index is 12.2. The van der Waals surface area contributed by atoms with Gasteiger partial charge in [-0.3, -0.25) is 4.79 Å². The van der Waals surface area contributed by atoms with Crippen molar-refractivity contribution in [2.45, 2.75) is 12.8 Å². The van der Waals surface area contributed by atoms with E-state index in [1.807, 2.05) is 0 Å². The van der Waals surface area contributed by atoms with Crippen LogP contribution >= 0.6 is 11.6 Å². The largest absolute Gasteiger partial charge is 0.396 e. The Balaban J connectivity index is 2.09. The van der Waals surface area contributed by atoms with E-state index >= 15 is 0 Å². The zero-order valence-electron chi connectivity index (χ0n) is 9.47. The molecular weight excluding hydrogens is 240 g/mol. The smallest absolute Gasteiger partial charge is 0.254 e. The molecule has 1 N–H and O–H groups in total. The number of pyridine rings is 1. The van der Waals surface area contributed by atoms with Crippen LogP contribution in [0.15, 0.2) is 18.3 Å². The second kappa shape index (κ2) is 5.47. The first-order valence-electron chi connectivity index (χ1n) is 5.72. The number of aliphatic hydroxyl groups excluding tert-OH is 1. The number of halogens is 1. The van der Waals surface area contributed by atoms with Crippen molar-refractivity contribution in [2.24, 2.45) is 5.92 Å². The molecule has 0 spiro atoms. The molecule has 1 atom stereocenters. The number of nitrogens with zero attached hydrogens (tertiary/aromatic N) is 2. The fraction of sp³-hybridized carbons (Fsp3) is 0.500. The second-order valence-corrected chi connectivity index (χ2v) is 4.70. The van der Waals surface area contributed by atoms with Gasteiger partial charge in [-0.25, -0.2) is 4.98 Å². The number of aromatic nitrogens is 1. The minimum atomic E-state index is -0.0348. The fourth-order valence-corrected chi connectivity index (χ4v) is 2.29. The highest BCUT2D eigenvalue weighted by molar-refractivity contribution is 6.29. The molecule has 92 valence electrons. The van der Waals surface area contributed by atoms with Crippen LogP contribution in [0, 0.1) is 5.92 Å². The molecule has 1 aromatic heterocycles. The Morgan fingerprint density at radius 2 is 2.47 bits per heavy atom. The molecule has 4 nitrogen and oxygen atoms in total. The third-order valence-corrected chi connectivity index (χ3v) is 3.24. The molecule has 0 radical (unpaired) electrons. The number of amides is 1. The molecule has 2 rings (SSSR count). The maximum atomic E-state index is 12.2. The molecule has 1 fully saturated rings. The van der Waals surface area contributed by atoms with E-state index in [4.69, 9.17) is 16.7 Å². The number of rotatable bonds is 2. The van der Waals surface area contributed by atoms with Crippen LogP contribution in [-0.2, 0) is 0 Å². The van der Waals surface area contributed by atoms with Gasteiger partial charge in [0.25, 0.3) is 5.91 Å². The lowest BCUT2D eigenvalue weighted by Crippen LogP contribution is -2.40. The van der Waals surface area contributed by atoms with Gasteiger partial charge in [-0.1, -0.05) is 11.6 Å². The van der Waals surface area contributed by atoms with Gasteiger partial charge in [0.05, 0.1) is 0 Å². The standard InChI is InChI=1S/C12H15ClN2O2/c13-11-6-10(3-4-14-11)12(17)15-5-1-2-9(7-15)8-16/h3-4,6,9,16H,1-2,5,7-8H2. The number of aliphatic hydroxyl groups is 1. The number of carbonyl (C=O) groups excluding carboxylic acids is 1. The third-order valence-electron chi connectivity index (χ3n) is 3.04. The van der Waals surface area contributed by atoms with Gasteiger partial charge in [0.15, 0.2) is 0 Å². The average Bonchev–Trinajstić information content (AvgIpc) is 2.38. The summed E-state index contributed by atoms with van der Waals surface area (Å²) in [4.78, 5) is 17.8. The molecule has 17 heavy (non-hydrogen) atoms. The minimum absolute atomic E-state index is 0.0348. The molecule has 5 heteroatoms. The summed E-state index contributed by atoms with van der Waals surface area (Å²) in [6, 6.07) is 3.24. The Hall–Kier alpha value is -1.13. The van der Waals surface area contributed by atoms with Gasteiger partial charge in [-0.2, -0.15) is 0 Å². The van der Waals surface area contributed by atoms with E-state index in [-0.39, 0.29) is 18.4 Å². The molecule has 2 heterocycles. The summed E-state index contributed by atoms with van der Waals surface area (Å²) in [5.41, 5.74) is 0.559. The van der Waals surface area contributed by atoms with Crippen molar-refractivity contribution < 1.29 is 9.90 Å². The van der Waals surface area contributed by atoms with Crippen LogP contribution in [0.1, 0.15) is 23.2 Å². The molecule has 1 aliphatic heterocycles. The van der Waals surface area contributed by atoms with Crippen molar-refractivity contribution in [1.29, 1.82) is 0 Å². The highest BCUT2D eigenvalue weighted by Gasteiger charge is 2.24. The molecule has 1 aliphatic rings. The number of likely N-dealkylation sites (tertiary alicyclic amines) is 1. The van der Waals surface area contributed by atoms with Crippen molar-refractivity contribution in [3.8, 4) is 0 Å². The lowest BCUT2D eigenvalue weighted by atomic mass is 9.98. The normalized spacial score (nSPS) is 20.4. The predicted octanol–water partition coefficient (Wildman–Crippen LogP) is 1.58. The van der Waals surface area contributed by atoms with Gasteiger partial charge in [-0.05, 0) is 30.9 Å². The lowest BCUT2D eigenvalue weighted by Gasteiger charge is -2.31. The van der Waals surface area contributed by atoms with Crippen LogP contribution in [0.2, 0.25) is 5.15 Å². The Bertz CT molecular complexity index is 411. The topological polar surface area (TPSA) is 53.4 Å². The Morgan fingerprint density at radius 3 is 3.18 bits per heavy atom. The zero-order valence-corrected chi connectivity index (χ0v) is 10.2. The van der Waals surface area contributed by atoms with Crippen LogP contribution in [0.5, 0.6) is 0 Å². The number of hydrogen-bond acceptors (Lipinski definition) is 3. The summed E-state index contributed by atoms with van der Waals surface area (Å²) in [6.07, 6.45) is 3.45. The van der Waals surface area contributed by atoms with Gasteiger partial charge < -0.3 is 10.0 Å². The summed E-state index contributed by atoms with van der Waals surface area (Å²) in [5, 5.41) is 9.46. The Morgan fingerprint density at radius 1 is 1.65 bits per heavy atom. The van der Waals surface area contributed by atoms with E-state index < -0.39 is 0 Å². The fourth-order valence-electron chi connectivity index (χ4n) is 2.12. The van der Waals surface area contributed by atoms with E-state index in [2.05, 4.69) is 4.98 Å². The number of hydrogen-bond donors (Lipinski definition) is 1. The first-order chi connectivity index (χ1) is 8.20. The lowest BCUT2D eigenvalue weighted by molar-refractivity contribution is 0.0620. The molecule has 1 aromatic rings. The Kier molecular flexibility index (Phi) is 3.97. The Labute approximate surface area is 105 Å². The summed E-state index contributed by atoms with van der Waals surface area (Å²) in [6.45, 7) is 1.51. The predicted molar refractivity (Wildman–Crippen MR) is 65.0 cm³/mol. The van der Waals surface area contributed by atoms with Gasteiger partial charge in [0, 0.05) is 31.5 Å².